The molecule has 0 atom stereocenters. The van der Waals surface area contributed by atoms with Gasteiger partial charge >= 0.3 is 0 Å². The Morgan fingerprint density at radius 1 is 2.00 bits per heavy atom. The van der Waals surface area contributed by atoms with Crippen LogP contribution in [-0.2, 0) is 0 Å². The SMILES string of the molecule is [N-]=[N+]=NN1C=N1. The second kappa shape index (κ2) is 0.874. The van der Waals surface area contributed by atoms with Crippen LogP contribution < -0.4 is 0 Å². The molecule has 0 bridgehead atoms. The largest absolute Gasteiger partial charge is 0.255 e. The standard InChI is InChI=1S/CHN5/c2-4-5-6-1-3-6/h1H. The minimum atomic E-state index is 1.14. The first-order valence-corrected chi connectivity index (χ1v) is 1.32. The average molecular weight is 83.1 g/mol. The highest BCUT2D eigenvalue weighted by Crippen LogP contribution is 1.96. The fourth-order valence-corrected chi connectivity index (χ4v) is 0.110. The van der Waals surface area contributed by atoms with Gasteiger partial charge in [0, 0.05) is 5.22 Å². The fourth-order valence-electron chi connectivity index (χ4n) is 0.110. The van der Waals surface area contributed by atoms with Crippen molar-refractivity contribution in [3.63, 3.8) is 0 Å². The third-order valence-electron chi connectivity index (χ3n) is 0.350. The molecule has 0 unspecified atom stereocenters. The van der Waals surface area contributed by atoms with Crippen molar-refractivity contribution in [2.45, 2.75) is 0 Å². The zero-order chi connectivity index (χ0) is 4.41. The van der Waals surface area contributed by atoms with E-state index >= 15 is 0 Å². The van der Waals surface area contributed by atoms with Gasteiger partial charge in [-0.3, -0.25) is 0 Å². The van der Waals surface area contributed by atoms with E-state index in [1.165, 1.54) is 6.34 Å². The molecule has 5 nitrogen and oxygen atoms in total. The Kier molecular flexibility index (Phi) is 0.436. The zero-order valence-corrected chi connectivity index (χ0v) is 2.81. The van der Waals surface area contributed by atoms with E-state index in [2.05, 4.69) is 15.2 Å². The molecule has 0 aliphatic carbocycles. The average Bonchev–Trinajstić information content (AvgIpc) is 2.21. The van der Waals surface area contributed by atoms with Crippen molar-refractivity contribution >= 4 is 6.34 Å². The molecule has 0 amide bonds. The number of nitrogens with zero attached hydrogens (tertiary/aromatic N) is 5. The molecule has 30 valence electrons. The molecular formula is CHN5. The summed E-state index contributed by atoms with van der Waals surface area (Å²) < 4.78 is 0. The monoisotopic (exact) mass is 83.0 g/mol. The van der Waals surface area contributed by atoms with Gasteiger partial charge in [0.05, 0.1) is 0 Å². The van der Waals surface area contributed by atoms with Crippen LogP contribution in [0.2, 0.25) is 0 Å². The van der Waals surface area contributed by atoms with Crippen LogP contribution in [0.25, 0.3) is 10.4 Å². The zero-order valence-electron chi connectivity index (χ0n) is 2.81. The normalized spacial score (nSPS) is 13.7. The maximum absolute atomic E-state index is 7.61. The third-order valence-corrected chi connectivity index (χ3v) is 0.350. The summed E-state index contributed by atoms with van der Waals surface area (Å²) in [5.41, 5.74) is 7.61. The van der Waals surface area contributed by atoms with E-state index in [0.29, 0.717) is 0 Å². The van der Waals surface area contributed by atoms with Gasteiger partial charge in [-0.15, -0.1) is 5.53 Å². The van der Waals surface area contributed by atoms with Gasteiger partial charge < -0.3 is 0 Å². The van der Waals surface area contributed by atoms with Gasteiger partial charge in [-0.1, -0.05) is 5.12 Å². The Morgan fingerprint density at radius 2 is 2.67 bits per heavy atom. The predicted molar refractivity (Wildman–Crippen MR) is 19.5 cm³/mol. The smallest absolute Gasteiger partial charge is 0.167 e. The van der Waals surface area contributed by atoms with E-state index in [1.54, 1.807) is 0 Å². The first-order valence-electron chi connectivity index (χ1n) is 1.32. The van der Waals surface area contributed by atoms with Gasteiger partial charge in [0.2, 0.25) is 0 Å². The number of hydrogen-bond acceptors (Lipinski definition) is 2. The van der Waals surface area contributed by atoms with E-state index in [0.717, 1.165) is 5.12 Å². The Hall–Kier alpha value is -1.22. The molecule has 5 heteroatoms. The highest BCUT2D eigenvalue weighted by atomic mass is 15.8. The lowest BCUT2D eigenvalue weighted by Gasteiger charge is -1.67. The van der Waals surface area contributed by atoms with Crippen molar-refractivity contribution in [2.75, 3.05) is 0 Å². The molecule has 1 rings (SSSR count). The van der Waals surface area contributed by atoms with Crippen LogP contribution in [-0.4, -0.2) is 11.5 Å². The van der Waals surface area contributed by atoms with Crippen molar-refractivity contribution in [3.8, 4) is 0 Å². The first kappa shape index (κ1) is 2.99. The molecule has 0 fully saturated rings. The molecule has 0 saturated carbocycles. The number of hydrazone groups is 1. The topological polar surface area (TPSA) is 64.1 Å². The highest BCUT2D eigenvalue weighted by Gasteiger charge is 2.08. The molecule has 1 heterocycles. The number of hydrogen-bond donors (Lipinski definition) is 0. The lowest BCUT2D eigenvalue weighted by molar-refractivity contribution is 0.594. The molecule has 0 N–H and O–H groups in total. The minimum absolute atomic E-state index is 1.14. The van der Waals surface area contributed by atoms with Crippen LogP contribution in [0.4, 0.5) is 0 Å². The maximum atomic E-state index is 7.61. The van der Waals surface area contributed by atoms with E-state index in [-0.39, 0.29) is 0 Å². The molecule has 0 saturated heterocycles. The van der Waals surface area contributed by atoms with E-state index in [9.17, 15) is 0 Å². The fraction of sp³-hybridized carbons (Fsp3) is 0. The number of azide groups is 1. The van der Waals surface area contributed by atoms with Gasteiger partial charge in [0.1, 0.15) is 0 Å². The van der Waals surface area contributed by atoms with Crippen LogP contribution in [0.1, 0.15) is 0 Å². The van der Waals surface area contributed by atoms with Crippen molar-refractivity contribution in [2.24, 2.45) is 10.3 Å². The molecule has 0 aromatic rings. The van der Waals surface area contributed by atoms with E-state index in [1.807, 2.05) is 0 Å². The van der Waals surface area contributed by atoms with Crippen LogP contribution in [0.5, 0.6) is 0 Å². The summed E-state index contributed by atoms with van der Waals surface area (Å²) in [6, 6.07) is 0. The quantitative estimate of drug-likeness (QED) is 0.258. The maximum Gasteiger partial charge on any atom is 0.255 e. The van der Waals surface area contributed by atoms with Gasteiger partial charge in [-0.2, -0.15) is 4.91 Å². The van der Waals surface area contributed by atoms with E-state index < -0.39 is 0 Å². The van der Waals surface area contributed by atoms with Gasteiger partial charge in [0.25, 0.3) is 6.34 Å². The lowest BCUT2D eigenvalue weighted by atomic mass is 11.5. The number of rotatable bonds is 1. The molecule has 0 spiro atoms. The van der Waals surface area contributed by atoms with Gasteiger partial charge in [-0.25, -0.2) is 0 Å². The molecule has 6 heavy (non-hydrogen) atoms. The first-order chi connectivity index (χ1) is 2.93. The summed E-state index contributed by atoms with van der Waals surface area (Å²) in [4.78, 5) is 2.42. The molecular weight excluding hydrogens is 82.0 g/mol. The summed E-state index contributed by atoms with van der Waals surface area (Å²) in [7, 11) is 0. The summed E-state index contributed by atoms with van der Waals surface area (Å²) in [5.74, 6) is 0. The Labute approximate surface area is 33.5 Å². The van der Waals surface area contributed by atoms with Crippen LogP contribution in [0, 0.1) is 0 Å². The molecule has 1 aliphatic rings. The van der Waals surface area contributed by atoms with Crippen LogP contribution in [0.3, 0.4) is 0 Å². The Morgan fingerprint density at radius 3 is 2.83 bits per heavy atom. The van der Waals surface area contributed by atoms with Gasteiger partial charge in [0.15, 0.2) is 0 Å². The summed E-state index contributed by atoms with van der Waals surface area (Å²) in [6.07, 6.45) is 1.42. The summed E-state index contributed by atoms with van der Waals surface area (Å²) >= 11 is 0. The van der Waals surface area contributed by atoms with Crippen molar-refractivity contribution < 1.29 is 0 Å². The van der Waals surface area contributed by atoms with Crippen molar-refractivity contribution in [3.05, 3.63) is 10.4 Å². The second-order valence-corrected chi connectivity index (χ2v) is 0.730. The Balaban J connectivity index is 2.36. The predicted octanol–water partition coefficient (Wildman–Crippen LogP) is 0.471. The molecule has 0 radical (unpaired) electrons. The lowest BCUT2D eigenvalue weighted by Crippen LogP contribution is -1.76. The van der Waals surface area contributed by atoms with Crippen molar-refractivity contribution in [1.82, 2.24) is 5.12 Å². The minimum Gasteiger partial charge on any atom is -0.167 e. The third kappa shape index (κ3) is 0.386. The van der Waals surface area contributed by atoms with Gasteiger partial charge in [-0.05, 0) is 5.10 Å². The molecule has 0 aromatic carbocycles. The molecule has 0 aromatic heterocycles. The van der Waals surface area contributed by atoms with Crippen molar-refractivity contribution in [1.29, 1.82) is 0 Å². The Bertz CT molecular complexity index is 112. The molecule has 1 aliphatic heterocycles. The second-order valence-electron chi connectivity index (χ2n) is 0.730. The van der Waals surface area contributed by atoms with E-state index in [4.69, 9.17) is 5.53 Å². The van der Waals surface area contributed by atoms with Crippen LogP contribution in [0.15, 0.2) is 10.3 Å². The van der Waals surface area contributed by atoms with Crippen LogP contribution >= 0.6 is 0 Å². The summed E-state index contributed by atoms with van der Waals surface area (Å²) in [6.45, 7) is 0. The summed E-state index contributed by atoms with van der Waals surface area (Å²) in [5, 5.41) is 7.55. The highest BCUT2D eigenvalue weighted by molar-refractivity contribution is 5.64.